The van der Waals surface area contributed by atoms with Gasteiger partial charge in [-0.15, -0.1) is 0 Å². The number of rotatable bonds is 6. The molecule has 2 rings (SSSR count). The van der Waals surface area contributed by atoms with Gasteiger partial charge in [-0.05, 0) is 25.6 Å². The lowest BCUT2D eigenvalue weighted by Gasteiger charge is -2.18. The van der Waals surface area contributed by atoms with Gasteiger partial charge >= 0.3 is 0 Å². The molecule has 0 aliphatic carbocycles. The second kappa shape index (κ2) is 6.63. The minimum absolute atomic E-state index is 0.0493. The lowest BCUT2D eigenvalue weighted by atomic mass is 10.1. The average molecular weight is 280 g/mol. The summed E-state index contributed by atoms with van der Waals surface area (Å²) >= 11 is 6.22. The molecule has 5 nitrogen and oxygen atoms in total. The maximum absolute atomic E-state index is 6.22. The van der Waals surface area contributed by atoms with Crippen LogP contribution in [0.4, 0.5) is 0 Å². The minimum Gasteiger partial charge on any atom is -0.308 e. The van der Waals surface area contributed by atoms with E-state index >= 15 is 0 Å². The monoisotopic (exact) mass is 279 g/mol. The van der Waals surface area contributed by atoms with Crippen LogP contribution in [-0.2, 0) is 13.0 Å². The van der Waals surface area contributed by atoms with Crippen molar-refractivity contribution >= 4 is 11.6 Å². The standard InChI is InChI=1S/C13H18ClN5/c1-3-15-11(13-10(14)6-5-7-16-13)8-12-17-9-18-19(12)4-2/h5-7,9,11,15H,3-4,8H2,1-2H3. The average Bonchev–Trinajstić information content (AvgIpc) is 2.86. The number of halogens is 1. The van der Waals surface area contributed by atoms with Gasteiger partial charge in [0.1, 0.15) is 12.2 Å². The van der Waals surface area contributed by atoms with E-state index in [1.54, 1.807) is 12.5 Å². The number of aryl methyl sites for hydroxylation is 1. The van der Waals surface area contributed by atoms with Crippen LogP contribution in [0.5, 0.6) is 0 Å². The lowest BCUT2D eigenvalue weighted by Crippen LogP contribution is -2.25. The molecular weight excluding hydrogens is 262 g/mol. The van der Waals surface area contributed by atoms with Crippen molar-refractivity contribution < 1.29 is 0 Å². The number of aromatic nitrogens is 4. The van der Waals surface area contributed by atoms with Crippen molar-refractivity contribution in [1.29, 1.82) is 0 Å². The number of hydrogen-bond donors (Lipinski definition) is 1. The Morgan fingerprint density at radius 2 is 2.21 bits per heavy atom. The van der Waals surface area contributed by atoms with Crippen LogP contribution in [0.1, 0.15) is 31.4 Å². The third-order valence-electron chi connectivity index (χ3n) is 2.95. The van der Waals surface area contributed by atoms with E-state index in [2.05, 4.69) is 27.3 Å². The lowest BCUT2D eigenvalue weighted by molar-refractivity contribution is 0.500. The van der Waals surface area contributed by atoms with Crippen molar-refractivity contribution in [2.24, 2.45) is 0 Å². The maximum Gasteiger partial charge on any atom is 0.138 e. The highest BCUT2D eigenvalue weighted by atomic mass is 35.5. The van der Waals surface area contributed by atoms with E-state index < -0.39 is 0 Å². The first-order valence-electron chi connectivity index (χ1n) is 6.46. The fourth-order valence-corrected chi connectivity index (χ4v) is 2.31. The molecule has 0 saturated carbocycles. The zero-order chi connectivity index (χ0) is 13.7. The summed E-state index contributed by atoms with van der Waals surface area (Å²) in [4.78, 5) is 8.69. The Morgan fingerprint density at radius 1 is 1.37 bits per heavy atom. The van der Waals surface area contributed by atoms with E-state index in [0.717, 1.165) is 31.0 Å². The molecule has 0 fully saturated rings. The number of nitrogens with zero attached hydrogens (tertiary/aromatic N) is 4. The van der Waals surface area contributed by atoms with Crippen molar-refractivity contribution in [3.8, 4) is 0 Å². The summed E-state index contributed by atoms with van der Waals surface area (Å²) in [6.07, 6.45) is 4.07. The number of nitrogens with one attached hydrogen (secondary N) is 1. The first kappa shape index (κ1) is 14.0. The molecule has 0 bridgehead atoms. The molecular formula is C13H18ClN5. The first-order valence-corrected chi connectivity index (χ1v) is 6.84. The van der Waals surface area contributed by atoms with E-state index in [-0.39, 0.29) is 6.04 Å². The van der Waals surface area contributed by atoms with Crippen molar-refractivity contribution in [1.82, 2.24) is 25.1 Å². The maximum atomic E-state index is 6.22. The number of pyridine rings is 1. The summed E-state index contributed by atoms with van der Waals surface area (Å²) in [5, 5.41) is 8.27. The second-order valence-electron chi connectivity index (χ2n) is 4.18. The highest BCUT2D eigenvalue weighted by Gasteiger charge is 2.18. The summed E-state index contributed by atoms with van der Waals surface area (Å²) < 4.78 is 1.89. The van der Waals surface area contributed by atoms with E-state index in [1.165, 1.54) is 0 Å². The molecule has 0 aliphatic heterocycles. The van der Waals surface area contributed by atoms with E-state index in [0.29, 0.717) is 5.02 Å². The molecule has 1 N–H and O–H groups in total. The Kier molecular flexibility index (Phi) is 4.87. The van der Waals surface area contributed by atoms with Crippen LogP contribution in [0.3, 0.4) is 0 Å². The normalized spacial score (nSPS) is 12.6. The molecule has 2 aromatic rings. The number of hydrogen-bond acceptors (Lipinski definition) is 4. The smallest absolute Gasteiger partial charge is 0.138 e. The highest BCUT2D eigenvalue weighted by Crippen LogP contribution is 2.22. The predicted molar refractivity (Wildman–Crippen MR) is 75.1 cm³/mol. The molecule has 0 spiro atoms. The van der Waals surface area contributed by atoms with Gasteiger partial charge in [0, 0.05) is 19.2 Å². The van der Waals surface area contributed by atoms with Gasteiger partial charge < -0.3 is 5.32 Å². The van der Waals surface area contributed by atoms with Crippen LogP contribution < -0.4 is 5.32 Å². The molecule has 1 unspecified atom stereocenters. The third-order valence-corrected chi connectivity index (χ3v) is 3.27. The van der Waals surface area contributed by atoms with Crippen LogP contribution in [0.2, 0.25) is 5.02 Å². The molecule has 1 atom stereocenters. The quantitative estimate of drug-likeness (QED) is 0.881. The second-order valence-corrected chi connectivity index (χ2v) is 4.58. The Hall–Kier alpha value is -1.46. The van der Waals surface area contributed by atoms with Crippen LogP contribution in [-0.4, -0.2) is 26.3 Å². The minimum atomic E-state index is 0.0493. The largest absolute Gasteiger partial charge is 0.308 e. The van der Waals surface area contributed by atoms with Crippen LogP contribution in [0.15, 0.2) is 24.7 Å². The SMILES string of the molecule is CCNC(Cc1ncnn1CC)c1ncccc1Cl. The summed E-state index contributed by atoms with van der Waals surface area (Å²) in [6, 6.07) is 3.75. The summed E-state index contributed by atoms with van der Waals surface area (Å²) in [5.41, 5.74) is 0.858. The molecule has 0 amide bonds. The third kappa shape index (κ3) is 3.30. The molecule has 0 aliphatic rings. The highest BCUT2D eigenvalue weighted by molar-refractivity contribution is 6.31. The van der Waals surface area contributed by atoms with E-state index in [9.17, 15) is 0 Å². The predicted octanol–water partition coefficient (Wildman–Crippen LogP) is 2.24. The van der Waals surface area contributed by atoms with Crippen molar-refractivity contribution in [3.63, 3.8) is 0 Å². The van der Waals surface area contributed by atoms with E-state index in [1.807, 2.05) is 23.7 Å². The van der Waals surface area contributed by atoms with Crippen LogP contribution in [0.25, 0.3) is 0 Å². The van der Waals surface area contributed by atoms with Gasteiger partial charge in [-0.3, -0.25) is 9.67 Å². The van der Waals surface area contributed by atoms with Crippen molar-refractivity contribution in [2.75, 3.05) is 6.54 Å². The topological polar surface area (TPSA) is 55.6 Å². The van der Waals surface area contributed by atoms with Gasteiger partial charge in [0.05, 0.1) is 16.8 Å². The van der Waals surface area contributed by atoms with Gasteiger partial charge in [0.2, 0.25) is 0 Å². The van der Waals surface area contributed by atoms with Crippen molar-refractivity contribution in [3.05, 3.63) is 41.2 Å². The molecule has 102 valence electrons. The fraction of sp³-hybridized carbons (Fsp3) is 0.462. The Bertz CT molecular complexity index is 525. The molecule has 2 heterocycles. The molecule has 2 aromatic heterocycles. The molecule has 0 radical (unpaired) electrons. The summed E-state index contributed by atoms with van der Waals surface area (Å²) in [6.45, 7) is 5.77. The first-order chi connectivity index (χ1) is 9.26. The van der Waals surface area contributed by atoms with Gasteiger partial charge in [-0.25, -0.2) is 4.98 Å². The van der Waals surface area contributed by atoms with Gasteiger partial charge in [-0.2, -0.15) is 5.10 Å². The van der Waals surface area contributed by atoms with Crippen LogP contribution >= 0.6 is 11.6 Å². The summed E-state index contributed by atoms with van der Waals surface area (Å²) in [7, 11) is 0. The van der Waals surface area contributed by atoms with Gasteiger partial charge in [0.15, 0.2) is 0 Å². The Morgan fingerprint density at radius 3 is 2.89 bits per heavy atom. The van der Waals surface area contributed by atoms with Gasteiger partial charge in [0.25, 0.3) is 0 Å². The Labute approximate surface area is 118 Å². The zero-order valence-electron chi connectivity index (χ0n) is 11.2. The van der Waals surface area contributed by atoms with Crippen molar-refractivity contribution in [2.45, 2.75) is 32.9 Å². The van der Waals surface area contributed by atoms with Gasteiger partial charge in [-0.1, -0.05) is 18.5 Å². The molecule has 19 heavy (non-hydrogen) atoms. The molecule has 0 saturated heterocycles. The molecule has 6 heteroatoms. The number of likely N-dealkylation sites (N-methyl/N-ethyl adjacent to an activating group) is 1. The summed E-state index contributed by atoms with van der Waals surface area (Å²) in [5.74, 6) is 0.940. The Balaban J connectivity index is 2.24. The molecule has 0 aromatic carbocycles. The zero-order valence-corrected chi connectivity index (χ0v) is 11.9. The fourth-order valence-electron chi connectivity index (χ4n) is 2.06. The van der Waals surface area contributed by atoms with Crippen LogP contribution in [0, 0.1) is 0 Å². The van der Waals surface area contributed by atoms with E-state index in [4.69, 9.17) is 11.6 Å².